The molecular formula is C22H21NO5. The molecule has 0 spiro atoms. The van der Waals surface area contributed by atoms with Gasteiger partial charge in [-0.05, 0) is 54.7 Å². The quantitative estimate of drug-likeness (QED) is 0.728. The number of ether oxygens (including phenoxy) is 1. The van der Waals surface area contributed by atoms with Crippen LogP contribution in [0.25, 0.3) is 11.0 Å². The number of methoxy groups -OCH3 is 1. The van der Waals surface area contributed by atoms with Crippen LogP contribution in [0.4, 0.5) is 0 Å². The minimum atomic E-state index is -1.17. The third kappa shape index (κ3) is 3.27. The van der Waals surface area contributed by atoms with Gasteiger partial charge in [-0.1, -0.05) is 18.2 Å². The summed E-state index contributed by atoms with van der Waals surface area (Å²) < 4.78 is 10.8. The number of rotatable bonds is 4. The molecule has 0 aliphatic heterocycles. The van der Waals surface area contributed by atoms with Gasteiger partial charge in [0, 0.05) is 6.07 Å². The van der Waals surface area contributed by atoms with Gasteiger partial charge in [-0.2, -0.15) is 0 Å². The fraction of sp³-hybridized carbons (Fsp3) is 0.273. The number of para-hydroxylation sites is 1. The van der Waals surface area contributed by atoms with Crippen LogP contribution in [-0.2, 0) is 12.0 Å². The van der Waals surface area contributed by atoms with Crippen LogP contribution in [0.1, 0.15) is 34.5 Å². The molecule has 0 radical (unpaired) electrons. The number of hydrogen-bond donors (Lipinski definition) is 2. The summed E-state index contributed by atoms with van der Waals surface area (Å²) in [6.07, 6.45) is 2.19. The van der Waals surface area contributed by atoms with Crippen molar-refractivity contribution in [1.82, 2.24) is 5.32 Å². The van der Waals surface area contributed by atoms with Crippen molar-refractivity contribution >= 4 is 16.9 Å². The Morgan fingerprint density at radius 2 is 2.07 bits per heavy atom. The Labute approximate surface area is 161 Å². The molecule has 0 fully saturated rings. The van der Waals surface area contributed by atoms with Crippen LogP contribution in [0, 0.1) is 0 Å². The van der Waals surface area contributed by atoms with E-state index in [1.54, 1.807) is 37.4 Å². The molecule has 0 unspecified atom stereocenters. The first kappa shape index (κ1) is 18.3. The molecule has 1 aliphatic carbocycles. The summed E-state index contributed by atoms with van der Waals surface area (Å²) in [5.41, 5.74) is 0.710. The number of carbonyl (C=O) groups excluding carboxylic acids is 1. The van der Waals surface area contributed by atoms with Crippen LogP contribution >= 0.6 is 0 Å². The lowest BCUT2D eigenvalue weighted by molar-refractivity contribution is 0.0186. The molecule has 1 atom stereocenters. The van der Waals surface area contributed by atoms with Gasteiger partial charge in [0.15, 0.2) is 11.2 Å². The smallest absolute Gasteiger partial charge is 0.287 e. The van der Waals surface area contributed by atoms with Crippen LogP contribution in [0.2, 0.25) is 0 Å². The fourth-order valence-corrected chi connectivity index (χ4v) is 3.78. The number of aliphatic hydroxyl groups is 1. The second kappa shape index (κ2) is 7.13. The van der Waals surface area contributed by atoms with E-state index in [1.807, 2.05) is 12.1 Å². The maximum absolute atomic E-state index is 12.6. The first-order valence-corrected chi connectivity index (χ1v) is 9.21. The van der Waals surface area contributed by atoms with Gasteiger partial charge in [-0.3, -0.25) is 9.59 Å². The molecule has 0 saturated heterocycles. The zero-order valence-corrected chi connectivity index (χ0v) is 15.5. The van der Waals surface area contributed by atoms with Crippen molar-refractivity contribution < 1.29 is 19.1 Å². The highest BCUT2D eigenvalue weighted by Gasteiger charge is 2.35. The highest BCUT2D eigenvalue weighted by atomic mass is 16.5. The zero-order valence-electron chi connectivity index (χ0n) is 15.5. The highest BCUT2D eigenvalue weighted by molar-refractivity contribution is 5.93. The molecule has 1 heterocycles. The number of carbonyl (C=O) groups is 1. The maximum Gasteiger partial charge on any atom is 0.287 e. The van der Waals surface area contributed by atoms with Crippen LogP contribution in [-0.4, -0.2) is 24.7 Å². The van der Waals surface area contributed by atoms with E-state index in [0.717, 1.165) is 29.7 Å². The Morgan fingerprint density at radius 3 is 2.89 bits per heavy atom. The summed E-state index contributed by atoms with van der Waals surface area (Å²) in [6.45, 7) is 0.0295. The molecule has 1 amide bonds. The molecule has 6 heteroatoms. The van der Waals surface area contributed by atoms with Gasteiger partial charge < -0.3 is 19.6 Å². The Morgan fingerprint density at radius 1 is 1.25 bits per heavy atom. The summed E-state index contributed by atoms with van der Waals surface area (Å²) >= 11 is 0. The molecule has 2 aromatic carbocycles. The van der Waals surface area contributed by atoms with Gasteiger partial charge in [0.2, 0.25) is 0 Å². The van der Waals surface area contributed by atoms with Crippen LogP contribution in [0.15, 0.2) is 57.7 Å². The predicted molar refractivity (Wildman–Crippen MR) is 105 cm³/mol. The van der Waals surface area contributed by atoms with E-state index in [-0.39, 0.29) is 17.7 Å². The molecule has 6 nitrogen and oxygen atoms in total. The summed E-state index contributed by atoms with van der Waals surface area (Å²) in [5, 5.41) is 14.3. The molecule has 0 saturated carbocycles. The monoisotopic (exact) mass is 379 g/mol. The molecule has 144 valence electrons. The Kier molecular flexibility index (Phi) is 4.65. The normalized spacial score (nSPS) is 18.5. The molecule has 28 heavy (non-hydrogen) atoms. The van der Waals surface area contributed by atoms with E-state index in [0.29, 0.717) is 17.4 Å². The summed E-state index contributed by atoms with van der Waals surface area (Å²) in [5.74, 6) is 0.139. The highest BCUT2D eigenvalue weighted by Crippen LogP contribution is 2.36. The molecule has 2 N–H and O–H groups in total. The number of amides is 1. The van der Waals surface area contributed by atoms with Crippen molar-refractivity contribution in [1.29, 1.82) is 0 Å². The van der Waals surface area contributed by atoms with Gasteiger partial charge in [0.1, 0.15) is 16.9 Å². The van der Waals surface area contributed by atoms with E-state index in [2.05, 4.69) is 5.32 Å². The van der Waals surface area contributed by atoms with Crippen molar-refractivity contribution in [3.8, 4) is 5.75 Å². The van der Waals surface area contributed by atoms with E-state index < -0.39 is 11.5 Å². The first-order valence-electron chi connectivity index (χ1n) is 9.21. The second-order valence-corrected chi connectivity index (χ2v) is 7.06. The number of fused-ring (bicyclic) bond motifs is 2. The zero-order chi connectivity index (χ0) is 19.7. The molecule has 1 aromatic heterocycles. The van der Waals surface area contributed by atoms with Gasteiger partial charge >= 0.3 is 0 Å². The minimum Gasteiger partial charge on any atom is -0.497 e. The predicted octanol–water partition coefficient (Wildman–Crippen LogP) is 2.76. The largest absolute Gasteiger partial charge is 0.497 e. The first-order chi connectivity index (χ1) is 13.5. The second-order valence-electron chi connectivity index (χ2n) is 7.06. The molecule has 3 aromatic rings. The van der Waals surface area contributed by atoms with Crippen molar-refractivity contribution in [3.63, 3.8) is 0 Å². The minimum absolute atomic E-state index is 0.0295. The number of nitrogens with one attached hydrogen (secondary N) is 1. The van der Waals surface area contributed by atoms with Crippen molar-refractivity contribution in [2.75, 3.05) is 13.7 Å². The average Bonchev–Trinajstić information content (AvgIpc) is 2.72. The van der Waals surface area contributed by atoms with Crippen molar-refractivity contribution in [2.24, 2.45) is 0 Å². The maximum atomic E-state index is 12.6. The van der Waals surface area contributed by atoms with E-state index >= 15 is 0 Å². The molecule has 4 rings (SSSR count). The van der Waals surface area contributed by atoms with E-state index in [9.17, 15) is 14.7 Å². The van der Waals surface area contributed by atoms with Crippen molar-refractivity contribution in [2.45, 2.75) is 24.9 Å². The van der Waals surface area contributed by atoms with Gasteiger partial charge in [0.25, 0.3) is 5.91 Å². The van der Waals surface area contributed by atoms with E-state index in [4.69, 9.17) is 9.15 Å². The van der Waals surface area contributed by atoms with Crippen LogP contribution in [0.3, 0.4) is 0 Å². The summed E-state index contributed by atoms with van der Waals surface area (Å²) in [7, 11) is 1.61. The summed E-state index contributed by atoms with van der Waals surface area (Å²) in [6, 6.07) is 13.5. The fourth-order valence-electron chi connectivity index (χ4n) is 3.78. The number of benzene rings is 2. The third-order valence-electron chi connectivity index (χ3n) is 5.25. The number of aryl methyl sites for hydroxylation is 1. The average molecular weight is 379 g/mol. The van der Waals surface area contributed by atoms with Gasteiger partial charge in [-0.25, -0.2) is 0 Å². The van der Waals surface area contributed by atoms with Crippen LogP contribution in [0.5, 0.6) is 5.75 Å². The third-order valence-corrected chi connectivity index (χ3v) is 5.25. The number of hydrogen-bond acceptors (Lipinski definition) is 5. The topological polar surface area (TPSA) is 88.8 Å². The molecule has 0 bridgehead atoms. The standard InChI is InChI=1S/C22H21NO5/c1-27-15-8-9-17-14(11-15)5-4-10-22(17,26)13-23-21(25)20-12-18(24)16-6-2-3-7-19(16)28-20/h2-3,6-9,11-12,26H,4-5,10,13H2,1H3,(H,23,25)/t22-/m1/s1. The molecular weight excluding hydrogens is 358 g/mol. The Hall–Kier alpha value is -3.12. The lowest BCUT2D eigenvalue weighted by Gasteiger charge is -2.34. The SMILES string of the molecule is COc1ccc2c(c1)CCC[C@@]2(O)CNC(=O)c1cc(=O)c2ccccc2o1. The van der Waals surface area contributed by atoms with Crippen LogP contribution < -0.4 is 15.5 Å². The summed E-state index contributed by atoms with van der Waals surface area (Å²) in [4.78, 5) is 24.8. The van der Waals surface area contributed by atoms with Gasteiger partial charge in [-0.15, -0.1) is 0 Å². The molecule has 1 aliphatic rings. The lowest BCUT2D eigenvalue weighted by Crippen LogP contribution is -2.43. The Bertz CT molecular complexity index is 1100. The van der Waals surface area contributed by atoms with Crippen molar-refractivity contribution in [3.05, 3.63) is 75.6 Å². The lowest BCUT2D eigenvalue weighted by atomic mass is 9.79. The Balaban J connectivity index is 1.57. The van der Waals surface area contributed by atoms with Gasteiger partial charge in [0.05, 0.1) is 19.0 Å². The van der Waals surface area contributed by atoms with E-state index in [1.165, 1.54) is 6.07 Å².